The summed E-state index contributed by atoms with van der Waals surface area (Å²) >= 11 is 2.01. The van der Waals surface area contributed by atoms with E-state index in [9.17, 15) is 22.7 Å². The number of rotatable bonds is 8. The maximum atomic E-state index is 14.6. The average Bonchev–Trinajstić information content (AvgIpc) is 3.42. The molecule has 0 unspecified atom stereocenters. The van der Waals surface area contributed by atoms with Crippen molar-refractivity contribution in [3.05, 3.63) is 55.9 Å². The molecule has 2 aromatic carbocycles. The van der Waals surface area contributed by atoms with Crippen molar-refractivity contribution in [3.63, 3.8) is 0 Å². The van der Waals surface area contributed by atoms with E-state index in [0.717, 1.165) is 3.57 Å². The van der Waals surface area contributed by atoms with Crippen molar-refractivity contribution in [1.82, 2.24) is 5.32 Å². The lowest BCUT2D eigenvalue weighted by Crippen LogP contribution is -2.31. The molecule has 0 radical (unpaired) electrons. The third-order valence-electron chi connectivity index (χ3n) is 5.92. The second-order valence-electron chi connectivity index (χ2n) is 7.83. The maximum Gasteiger partial charge on any atom is 0.252 e. The summed E-state index contributed by atoms with van der Waals surface area (Å²) in [4.78, 5) is 12.3. The zero-order valence-electron chi connectivity index (χ0n) is 16.8. The van der Waals surface area contributed by atoms with Crippen LogP contribution >= 0.6 is 22.6 Å². The summed E-state index contributed by atoms with van der Waals surface area (Å²) in [6, 6.07) is 6.41. The molecule has 1 aliphatic heterocycles. The SMILES string of the molecule is COc1c2c(cc(Cc3ccc(I)cc3F)c1NS(=O)(=O)C1(CCO)CC1)C(=O)NC2. The molecule has 4 rings (SSSR count). The summed E-state index contributed by atoms with van der Waals surface area (Å²) in [5, 5.41) is 12.0. The van der Waals surface area contributed by atoms with Crippen molar-refractivity contribution in [2.45, 2.75) is 37.0 Å². The molecule has 2 aliphatic rings. The Labute approximate surface area is 193 Å². The number of methoxy groups -OCH3 is 1. The minimum atomic E-state index is -3.85. The number of benzene rings is 2. The van der Waals surface area contributed by atoms with E-state index in [-0.39, 0.29) is 43.3 Å². The normalized spacial score (nSPS) is 16.6. The van der Waals surface area contributed by atoms with Crippen molar-refractivity contribution >= 4 is 44.2 Å². The van der Waals surface area contributed by atoms with Crippen LogP contribution in [-0.2, 0) is 23.0 Å². The molecule has 31 heavy (non-hydrogen) atoms. The predicted octanol–water partition coefficient (Wildman–Crippen LogP) is 2.93. The molecule has 1 amide bonds. The number of hydrogen-bond acceptors (Lipinski definition) is 5. The van der Waals surface area contributed by atoms with Crippen LogP contribution in [-0.4, -0.2) is 37.9 Å². The monoisotopic (exact) mass is 560 g/mol. The Hall–Kier alpha value is -1.92. The van der Waals surface area contributed by atoms with Crippen LogP contribution in [0.5, 0.6) is 5.75 Å². The van der Waals surface area contributed by atoms with Crippen molar-refractivity contribution in [2.75, 3.05) is 18.4 Å². The molecule has 0 saturated heterocycles. The van der Waals surface area contributed by atoms with Gasteiger partial charge in [-0.2, -0.15) is 0 Å². The lowest BCUT2D eigenvalue weighted by Gasteiger charge is -2.22. The number of halogens is 2. The fourth-order valence-electron chi connectivity index (χ4n) is 3.98. The molecular weight excluding hydrogens is 538 g/mol. The summed E-state index contributed by atoms with van der Waals surface area (Å²) < 4.78 is 48.9. The van der Waals surface area contributed by atoms with E-state index >= 15 is 0 Å². The van der Waals surface area contributed by atoms with Gasteiger partial charge in [-0.25, -0.2) is 12.8 Å². The highest BCUT2D eigenvalue weighted by Gasteiger charge is 2.54. The molecule has 166 valence electrons. The van der Waals surface area contributed by atoms with Crippen molar-refractivity contribution < 1.29 is 27.4 Å². The number of sulfonamides is 1. The maximum absolute atomic E-state index is 14.6. The van der Waals surface area contributed by atoms with Crippen LogP contribution in [0, 0.1) is 9.39 Å². The fraction of sp³-hybridized carbons (Fsp3) is 0.381. The zero-order valence-corrected chi connectivity index (χ0v) is 19.8. The molecule has 3 N–H and O–H groups in total. The Morgan fingerprint density at radius 1 is 1.29 bits per heavy atom. The minimum Gasteiger partial charge on any atom is -0.494 e. The summed E-state index contributed by atoms with van der Waals surface area (Å²) in [6.45, 7) is -0.0204. The smallest absolute Gasteiger partial charge is 0.252 e. The van der Waals surface area contributed by atoms with Gasteiger partial charge in [-0.1, -0.05) is 6.07 Å². The van der Waals surface area contributed by atoms with Crippen LogP contribution < -0.4 is 14.8 Å². The molecule has 10 heteroatoms. The second-order valence-corrected chi connectivity index (χ2v) is 11.2. The van der Waals surface area contributed by atoms with E-state index in [4.69, 9.17) is 4.74 Å². The molecule has 1 fully saturated rings. The van der Waals surface area contributed by atoms with Gasteiger partial charge in [0.2, 0.25) is 10.0 Å². The number of carbonyl (C=O) groups excluding carboxylic acids is 1. The first kappa shape index (κ1) is 22.3. The third-order valence-corrected chi connectivity index (χ3v) is 8.81. The van der Waals surface area contributed by atoms with E-state index in [2.05, 4.69) is 10.0 Å². The highest BCUT2D eigenvalue weighted by Crippen LogP contribution is 2.48. The van der Waals surface area contributed by atoms with Crippen LogP contribution in [0.4, 0.5) is 10.1 Å². The number of carbonyl (C=O) groups is 1. The Morgan fingerprint density at radius 2 is 2.03 bits per heavy atom. The van der Waals surface area contributed by atoms with E-state index in [0.29, 0.717) is 35.1 Å². The molecule has 1 aliphatic carbocycles. The molecular formula is C21H22FIN2O5S. The molecule has 7 nitrogen and oxygen atoms in total. The number of nitrogens with one attached hydrogen (secondary N) is 2. The van der Waals surface area contributed by atoms with Gasteiger partial charge < -0.3 is 15.2 Å². The molecule has 0 bridgehead atoms. The number of fused-ring (bicyclic) bond motifs is 1. The Bertz CT molecular complexity index is 1160. The Kier molecular flexibility index (Phi) is 5.90. The van der Waals surface area contributed by atoms with Crippen LogP contribution in [0.1, 0.15) is 46.3 Å². The summed E-state index contributed by atoms with van der Waals surface area (Å²) in [7, 11) is -2.44. The van der Waals surface area contributed by atoms with E-state index in [1.807, 2.05) is 22.6 Å². The van der Waals surface area contributed by atoms with Crippen LogP contribution in [0.25, 0.3) is 0 Å². The lowest BCUT2D eigenvalue weighted by molar-refractivity contribution is 0.0965. The van der Waals surface area contributed by atoms with Gasteiger partial charge in [0.25, 0.3) is 5.91 Å². The van der Waals surface area contributed by atoms with Gasteiger partial charge in [-0.15, -0.1) is 0 Å². The molecule has 2 aromatic rings. The third kappa shape index (κ3) is 4.00. The first-order chi connectivity index (χ1) is 14.7. The highest BCUT2D eigenvalue weighted by atomic mass is 127. The standard InChI is InChI=1S/C21H22FIN2O5S/c1-30-19-16-11-24-20(27)15(16)9-13(8-12-2-3-14(23)10-17(12)22)18(19)25-31(28,29)21(4-5-21)6-7-26/h2-3,9-10,25-26H,4-8,11H2,1H3,(H,24,27). The van der Waals surface area contributed by atoms with Gasteiger partial charge >= 0.3 is 0 Å². The van der Waals surface area contributed by atoms with Crippen LogP contribution in [0.15, 0.2) is 24.3 Å². The number of aliphatic hydroxyl groups excluding tert-OH is 1. The number of ether oxygens (including phenoxy) is 1. The molecule has 0 spiro atoms. The first-order valence-corrected chi connectivity index (χ1v) is 12.4. The molecule has 0 aromatic heterocycles. The Morgan fingerprint density at radius 3 is 2.65 bits per heavy atom. The van der Waals surface area contributed by atoms with Crippen molar-refractivity contribution in [1.29, 1.82) is 0 Å². The number of hydrogen-bond donors (Lipinski definition) is 3. The second kappa shape index (κ2) is 8.21. The number of aliphatic hydroxyl groups is 1. The van der Waals surface area contributed by atoms with Gasteiger partial charge in [0.05, 0.1) is 17.5 Å². The van der Waals surface area contributed by atoms with Gasteiger partial charge in [-0.05, 0) is 71.2 Å². The van der Waals surface area contributed by atoms with Crippen LogP contribution in [0.2, 0.25) is 0 Å². The van der Waals surface area contributed by atoms with Crippen molar-refractivity contribution in [2.24, 2.45) is 0 Å². The molecule has 0 atom stereocenters. The minimum absolute atomic E-state index is 0.0739. The van der Waals surface area contributed by atoms with Gasteiger partial charge in [0.1, 0.15) is 11.6 Å². The number of amides is 1. The topological polar surface area (TPSA) is 105 Å². The summed E-state index contributed by atoms with van der Waals surface area (Å²) in [5.41, 5.74) is 1.97. The van der Waals surface area contributed by atoms with Gasteiger partial charge in [-0.3, -0.25) is 9.52 Å². The van der Waals surface area contributed by atoms with Gasteiger partial charge in [0.15, 0.2) is 0 Å². The molecule has 1 saturated carbocycles. The van der Waals surface area contributed by atoms with E-state index in [1.54, 1.807) is 18.2 Å². The van der Waals surface area contributed by atoms with Crippen molar-refractivity contribution in [3.8, 4) is 5.75 Å². The van der Waals surface area contributed by atoms with Gasteiger partial charge in [0, 0.05) is 34.3 Å². The average molecular weight is 560 g/mol. The summed E-state index contributed by atoms with van der Waals surface area (Å²) in [5.74, 6) is -0.449. The van der Waals surface area contributed by atoms with E-state index < -0.39 is 20.6 Å². The number of anilines is 1. The predicted molar refractivity (Wildman–Crippen MR) is 122 cm³/mol. The van der Waals surface area contributed by atoms with Crippen LogP contribution in [0.3, 0.4) is 0 Å². The largest absolute Gasteiger partial charge is 0.494 e. The molecule has 1 heterocycles. The Balaban J connectivity index is 1.83. The highest BCUT2D eigenvalue weighted by molar-refractivity contribution is 14.1. The first-order valence-electron chi connectivity index (χ1n) is 9.79. The summed E-state index contributed by atoms with van der Waals surface area (Å²) in [6.07, 6.45) is 1.12. The quantitative estimate of drug-likeness (QED) is 0.431. The van der Waals surface area contributed by atoms with E-state index in [1.165, 1.54) is 13.2 Å². The fourth-order valence-corrected chi connectivity index (χ4v) is 6.14. The zero-order chi connectivity index (χ0) is 22.4. The lowest BCUT2D eigenvalue weighted by atomic mass is 9.97.